The van der Waals surface area contributed by atoms with Gasteiger partial charge in [-0.05, 0) is 30.4 Å². The lowest BCUT2D eigenvalue weighted by atomic mass is 10.2. The summed E-state index contributed by atoms with van der Waals surface area (Å²) in [6, 6.07) is 7.87. The van der Waals surface area contributed by atoms with Gasteiger partial charge in [0, 0.05) is 24.4 Å². The molecule has 1 saturated heterocycles. The molecule has 1 aromatic heterocycles. The third kappa shape index (κ3) is 3.55. The van der Waals surface area contributed by atoms with E-state index in [1.807, 2.05) is 0 Å². The standard InChI is InChI=1S/C15H15N3O5S2/c19-15(16-11-4-1-5-12(10-11)18(20)21)13-6-2-8-17(13)25(22,23)14-7-3-9-24-14/h1,3-5,7,9-10,13H,2,6,8H2,(H,16,19)/t13-/m0/s1. The molecule has 0 radical (unpaired) electrons. The fraction of sp³-hybridized carbons (Fsp3) is 0.267. The minimum Gasteiger partial charge on any atom is -0.324 e. The molecule has 2 heterocycles. The zero-order valence-corrected chi connectivity index (χ0v) is 14.6. The summed E-state index contributed by atoms with van der Waals surface area (Å²) in [7, 11) is -3.72. The number of amides is 1. The molecule has 1 aliphatic rings. The third-order valence-corrected chi connectivity index (χ3v) is 7.17. The fourth-order valence-corrected chi connectivity index (χ4v) is 5.51. The second-order valence-corrected chi connectivity index (χ2v) is 8.57. The van der Waals surface area contributed by atoms with Gasteiger partial charge in [0.2, 0.25) is 5.91 Å². The zero-order chi connectivity index (χ0) is 18.0. The maximum absolute atomic E-state index is 12.7. The lowest BCUT2D eigenvalue weighted by molar-refractivity contribution is -0.384. The SMILES string of the molecule is O=C(Nc1cccc([N+](=O)[O-])c1)[C@@H]1CCCN1S(=O)(=O)c1cccs1. The smallest absolute Gasteiger partial charge is 0.271 e. The topological polar surface area (TPSA) is 110 Å². The Morgan fingerprint density at radius 2 is 2.12 bits per heavy atom. The van der Waals surface area contributed by atoms with Crippen LogP contribution in [-0.2, 0) is 14.8 Å². The molecule has 0 aliphatic carbocycles. The van der Waals surface area contributed by atoms with Gasteiger partial charge in [-0.2, -0.15) is 4.31 Å². The number of hydrogen-bond acceptors (Lipinski definition) is 6. The van der Waals surface area contributed by atoms with Gasteiger partial charge in [0.1, 0.15) is 10.3 Å². The zero-order valence-electron chi connectivity index (χ0n) is 13.0. The van der Waals surface area contributed by atoms with E-state index in [-0.39, 0.29) is 22.1 Å². The number of nitro benzene ring substituents is 1. The summed E-state index contributed by atoms with van der Waals surface area (Å²) in [5.74, 6) is -0.488. The number of nitro groups is 1. The van der Waals surface area contributed by atoms with Crippen LogP contribution in [0.25, 0.3) is 0 Å². The molecular formula is C15H15N3O5S2. The van der Waals surface area contributed by atoms with Crippen LogP contribution >= 0.6 is 11.3 Å². The number of carbonyl (C=O) groups is 1. The van der Waals surface area contributed by atoms with Gasteiger partial charge < -0.3 is 5.32 Å². The number of benzene rings is 1. The van der Waals surface area contributed by atoms with Crippen molar-refractivity contribution in [3.63, 3.8) is 0 Å². The second kappa shape index (κ2) is 6.90. The van der Waals surface area contributed by atoms with E-state index in [9.17, 15) is 23.3 Å². The molecule has 1 fully saturated rings. The Bertz CT molecular complexity index is 896. The van der Waals surface area contributed by atoms with Crippen molar-refractivity contribution in [3.05, 3.63) is 51.9 Å². The van der Waals surface area contributed by atoms with Gasteiger partial charge in [-0.3, -0.25) is 14.9 Å². The fourth-order valence-electron chi connectivity index (χ4n) is 2.74. The molecule has 1 amide bonds. The molecule has 0 unspecified atom stereocenters. The van der Waals surface area contributed by atoms with Gasteiger partial charge >= 0.3 is 0 Å². The Kier molecular flexibility index (Phi) is 4.84. The molecule has 1 N–H and O–H groups in total. The number of anilines is 1. The van der Waals surface area contributed by atoms with Crippen LogP contribution in [0.3, 0.4) is 0 Å². The quantitative estimate of drug-likeness (QED) is 0.632. The van der Waals surface area contributed by atoms with E-state index in [2.05, 4.69) is 5.32 Å². The maximum Gasteiger partial charge on any atom is 0.271 e. The predicted octanol–water partition coefficient (Wildman–Crippen LogP) is 2.45. The van der Waals surface area contributed by atoms with E-state index in [1.165, 1.54) is 34.6 Å². The van der Waals surface area contributed by atoms with E-state index >= 15 is 0 Å². The van der Waals surface area contributed by atoms with Crippen molar-refractivity contribution in [2.75, 3.05) is 11.9 Å². The highest BCUT2D eigenvalue weighted by molar-refractivity contribution is 7.91. The van der Waals surface area contributed by atoms with E-state index in [0.717, 1.165) is 11.3 Å². The van der Waals surface area contributed by atoms with Gasteiger partial charge in [-0.15, -0.1) is 11.3 Å². The average Bonchev–Trinajstić information content (AvgIpc) is 3.27. The van der Waals surface area contributed by atoms with Gasteiger partial charge in [-0.25, -0.2) is 8.42 Å². The van der Waals surface area contributed by atoms with E-state index in [4.69, 9.17) is 0 Å². The summed E-state index contributed by atoms with van der Waals surface area (Å²) in [6.07, 6.45) is 0.989. The first-order valence-electron chi connectivity index (χ1n) is 7.50. The third-order valence-electron chi connectivity index (χ3n) is 3.89. The molecule has 1 aromatic carbocycles. The van der Waals surface area contributed by atoms with E-state index < -0.39 is 26.9 Å². The highest BCUT2D eigenvalue weighted by Crippen LogP contribution is 2.29. The molecule has 8 nitrogen and oxygen atoms in total. The van der Waals surface area contributed by atoms with Crippen LogP contribution in [0.4, 0.5) is 11.4 Å². The molecular weight excluding hydrogens is 366 g/mol. The molecule has 1 atom stereocenters. The highest BCUT2D eigenvalue weighted by atomic mass is 32.2. The van der Waals surface area contributed by atoms with Crippen LogP contribution < -0.4 is 5.32 Å². The summed E-state index contributed by atoms with van der Waals surface area (Å²) in [6.45, 7) is 0.271. The van der Waals surface area contributed by atoms with Crippen LogP contribution in [-0.4, -0.2) is 36.1 Å². The maximum atomic E-state index is 12.7. The van der Waals surface area contributed by atoms with Crippen molar-refractivity contribution < 1.29 is 18.1 Å². The van der Waals surface area contributed by atoms with Crippen LogP contribution in [0.2, 0.25) is 0 Å². The summed E-state index contributed by atoms with van der Waals surface area (Å²) < 4.78 is 26.7. The average molecular weight is 381 g/mol. The van der Waals surface area contributed by atoms with E-state index in [1.54, 1.807) is 11.4 Å². The Morgan fingerprint density at radius 3 is 2.80 bits per heavy atom. The summed E-state index contributed by atoms with van der Waals surface area (Å²) >= 11 is 1.10. The molecule has 1 aliphatic heterocycles. The number of nitrogens with zero attached hydrogens (tertiary/aromatic N) is 2. The van der Waals surface area contributed by atoms with Gasteiger partial charge in [0.05, 0.1) is 4.92 Å². The second-order valence-electron chi connectivity index (χ2n) is 5.50. The lowest BCUT2D eigenvalue weighted by Gasteiger charge is -2.22. The molecule has 25 heavy (non-hydrogen) atoms. The molecule has 0 spiro atoms. The van der Waals surface area contributed by atoms with Crippen LogP contribution in [0.15, 0.2) is 46.0 Å². The Balaban J connectivity index is 1.80. The van der Waals surface area contributed by atoms with Crippen molar-refractivity contribution in [3.8, 4) is 0 Å². The number of hydrogen-bond donors (Lipinski definition) is 1. The largest absolute Gasteiger partial charge is 0.324 e. The van der Waals surface area contributed by atoms with Crippen molar-refractivity contribution in [2.45, 2.75) is 23.1 Å². The van der Waals surface area contributed by atoms with Crippen molar-refractivity contribution in [1.29, 1.82) is 0 Å². The Morgan fingerprint density at radius 1 is 1.32 bits per heavy atom. The van der Waals surface area contributed by atoms with Gasteiger partial charge in [0.25, 0.3) is 15.7 Å². The minimum absolute atomic E-state index is 0.146. The molecule has 132 valence electrons. The van der Waals surface area contributed by atoms with Crippen molar-refractivity contribution in [1.82, 2.24) is 4.31 Å². The number of sulfonamides is 1. The molecule has 10 heteroatoms. The highest BCUT2D eigenvalue weighted by Gasteiger charge is 2.39. The summed E-state index contributed by atoms with van der Waals surface area (Å²) in [5.41, 5.74) is 0.117. The predicted molar refractivity (Wildman–Crippen MR) is 93.0 cm³/mol. The number of nitrogens with one attached hydrogen (secondary N) is 1. The van der Waals surface area contributed by atoms with Crippen molar-refractivity contribution >= 4 is 38.6 Å². The summed E-state index contributed by atoms with van der Waals surface area (Å²) in [4.78, 5) is 22.8. The number of carbonyl (C=O) groups excluding carboxylic acids is 1. The Hall–Kier alpha value is -2.30. The van der Waals surface area contributed by atoms with Crippen LogP contribution in [0.5, 0.6) is 0 Å². The van der Waals surface area contributed by atoms with Crippen molar-refractivity contribution in [2.24, 2.45) is 0 Å². The van der Waals surface area contributed by atoms with E-state index in [0.29, 0.717) is 12.8 Å². The number of thiophene rings is 1. The normalized spacial score (nSPS) is 18.2. The molecule has 3 rings (SSSR count). The lowest BCUT2D eigenvalue weighted by Crippen LogP contribution is -2.42. The van der Waals surface area contributed by atoms with Crippen LogP contribution in [0.1, 0.15) is 12.8 Å². The first-order valence-corrected chi connectivity index (χ1v) is 9.82. The van der Waals surface area contributed by atoms with Gasteiger partial charge in [0.15, 0.2) is 0 Å². The molecule has 0 bridgehead atoms. The first kappa shape index (κ1) is 17.5. The minimum atomic E-state index is -3.72. The van der Waals surface area contributed by atoms with Gasteiger partial charge in [-0.1, -0.05) is 12.1 Å². The number of non-ortho nitro benzene ring substituents is 1. The molecule has 2 aromatic rings. The monoisotopic (exact) mass is 381 g/mol. The first-order chi connectivity index (χ1) is 11.9. The Labute approximate surface area is 148 Å². The molecule has 0 saturated carbocycles. The number of rotatable bonds is 5. The summed E-state index contributed by atoms with van der Waals surface area (Å²) in [5, 5.41) is 15.1. The van der Waals surface area contributed by atoms with Crippen LogP contribution in [0, 0.1) is 10.1 Å².